The molecule has 0 bridgehead atoms. The van der Waals surface area contributed by atoms with Crippen molar-refractivity contribution < 1.29 is 11.0 Å². The molecule has 5 nitrogen and oxygen atoms in total. The van der Waals surface area contributed by atoms with Gasteiger partial charge in [-0.2, -0.15) is 0 Å². The number of rotatable bonds is 6. The second kappa shape index (κ2) is 8.34. The lowest BCUT2D eigenvalue weighted by Crippen LogP contribution is -2.07. The first-order valence-corrected chi connectivity index (χ1v) is 8.46. The number of allylic oxidation sites excluding steroid dienone is 5. The molecule has 0 spiro atoms. The summed E-state index contributed by atoms with van der Waals surface area (Å²) in [4.78, 5) is 31.7. The van der Waals surface area contributed by atoms with Crippen molar-refractivity contribution in [2.75, 3.05) is 5.32 Å². The van der Waals surface area contributed by atoms with E-state index in [1.54, 1.807) is 24.5 Å². The van der Waals surface area contributed by atoms with Crippen LogP contribution in [0.4, 0.5) is 5.82 Å². The number of carbonyl (C=O) groups is 2. The van der Waals surface area contributed by atoms with Crippen molar-refractivity contribution in [2.45, 2.75) is 34.1 Å². The summed E-state index contributed by atoms with van der Waals surface area (Å²) in [5, 5.41) is 4.46. The Labute approximate surface area is 155 Å². The molecule has 0 saturated carbocycles. The third-order valence-electron chi connectivity index (χ3n) is 3.97. The molecule has 0 atom stereocenters. The van der Waals surface area contributed by atoms with Crippen molar-refractivity contribution in [3.63, 3.8) is 0 Å². The third kappa shape index (κ3) is 4.51. The van der Waals surface area contributed by atoms with Crippen LogP contribution >= 0.6 is 0 Å². The number of ketones is 1. The molecular weight excluding hydrogens is 326 g/mol. The zero-order chi connectivity index (χ0) is 19.3. The standard InChI is InChI=1S/C21H23N3O2.H2/c1-6-18(13(3)8-14(4)20(26)7-2)19-9-16-12-23-21(24-15(5)25)10-17(16)11-22-19;/h6,8-12H,4,7H2,1-3,5H3,(H,23,24,25);1H/b13-8-,18-6+;. The Bertz CT molecular complexity index is 946. The van der Waals surface area contributed by atoms with Crippen LogP contribution in [-0.2, 0) is 9.59 Å². The summed E-state index contributed by atoms with van der Waals surface area (Å²) < 4.78 is 0. The molecule has 2 aromatic heterocycles. The highest BCUT2D eigenvalue weighted by Crippen LogP contribution is 2.26. The number of nitrogens with one attached hydrogen (secondary N) is 1. The van der Waals surface area contributed by atoms with Crippen molar-refractivity contribution in [2.24, 2.45) is 0 Å². The number of hydrogen-bond donors (Lipinski definition) is 1. The second-order valence-electron chi connectivity index (χ2n) is 6.00. The van der Waals surface area contributed by atoms with Gasteiger partial charge < -0.3 is 5.32 Å². The van der Waals surface area contributed by atoms with Gasteiger partial charge in [0.05, 0.1) is 5.69 Å². The third-order valence-corrected chi connectivity index (χ3v) is 3.97. The highest BCUT2D eigenvalue weighted by Gasteiger charge is 2.09. The Kier molecular flexibility index (Phi) is 6.17. The summed E-state index contributed by atoms with van der Waals surface area (Å²) in [5.74, 6) is 0.359. The van der Waals surface area contributed by atoms with E-state index in [1.165, 1.54) is 6.92 Å². The average molecular weight is 351 g/mol. The van der Waals surface area contributed by atoms with Crippen molar-refractivity contribution in [1.82, 2.24) is 9.97 Å². The van der Waals surface area contributed by atoms with Gasteiger partial charge in [0.1, 0.15) is 5.82 Å². The van der Waals surface area contributed by atoms with Gasteiger partial charge >= 0.3 is 0 Å². The fourth-order valence-electron chi connectivity index (χ4n) is 2.66. The summed E-state index contributed by atoms with van der Waals surface area (Å²) in [6.45, 7) is 11.0. The van der Waals surface area contributed by atoms with E-state index in [4.69, 9.17) is 0 Å². The van der Waals surface area contributed by atoms with Gasteiger partial charge in [-0.15, -0.1) is 0 Å². The SMILES string of the molecule is C=C(/C=C(C)\C(=C/C)c1cc2cnc(NC(C)=O)cc2cn1)C(=O)CC.[HH]. The molecule has 2 aromatic rings. The van der Waals surface area contributed by atoms with Crippen molar-refractivity contribution in [3.05, 3.63) is 60.1 Å². The molecule has 0 aliphatic heterocycles. The highest BCUT2D eigenvalue weighted by atomic mass is 16.1. The Morgan fingerprint density at radius 2 is 1.85 bits per heavy atom. The molecule has 0 unspecified atom stereocenters. The summed E-state index contributed by atoms with van der Waals surface area (Å²) in [5.41, 5.74) is 3.14. The zero-order valence-electron chi connectivity index (χ0n) is 15.6. The van der Waals surface area contributed by atoms with Crippen molar-refractivity contribution in [3.8, 4) is 0 Å². The van der Waals surface area contributed by atoms with Gasteiger partial charge in [0.25, 0.3) is 0 Å². The van der Waals surface area contributed by atoms with Gasteiger partial charge in [0.15, 0.2) is 5.78 Å². The molecule has 0 aliphatic rings. The minimum absolute atomic E-state index is 0. The summed E-state index contributed by atoms with van der Waals surface area (Å²) in [7, 11) is 0. The van der Waals surface area contributed by atoms with Gasteiger partial charge in [-0.3, -0.25) is 14.6 Å². The predicted molar refractivity (Wildman–Crippen MR) is 108 cm³/mol. The van der Waals surface area contributed by atoms with E-state index < -0.39 is 0 Å². The van der Waals surface area contributed by atoms with E-state index in [2.05, 4.69) is 21.9 Å². The predicted octanol–water partition coefficient (Wildman–Crippen LogP) is 4.72. The monoisotopic (exact) mass is 351 g/mol. The van der Waals surface area contributed by atoms with Crippen molar-refractivity contribution in [1.29, 1.82) is 0 Å². The van der Waals surface area contributed by atoms with E-state index in [0.717, 1.165) is 27.6 Å². The van der Waals surface area contributed by atoms with E-state index in [0.29, 0.717) is 17.8 Å². The first-order chi connectivity index (χ1) is 12.3. The number of amides is 1. The maximum Gasteiger partial charge on any atom is 0.222 e. The maximum absolute atomic E-state index is 11.8. The lowest BCUT2D eigenvalue weighted by Gasteiger charge is -2.10. The van der Waals surface area contributed by atoms with Gasteiger partial charge in [-0.05, 0) is 43.2 Å². The molecule has 0 fully saturated rings. The van der Waals surface area contributed by atoms with Crippen LogP contribution in [0.3, 0.4) is 0 Å². The Morgan fingerprint density at radius 3 is 2.46 bits per heavy atom. The molecule has 0 radical (unpaired) electrons. The minimum Gasteiger partial charge on any atom is -0.311 e. The number of Topliss-reactive ketones (excluding diaryl/α,β-unsaturated/α-hetero) is 1. The summed E-state index contributed by atoms with van der Waals surface area (Å²) in [6, 6.07) is 3.73. The number of anilines is 1. The number of fused-ring (bicyclic) bond motifs is 1. The lowest BCUT2D eigenvalue weighted by atomic mass is 9.98. The largest absolute Gasteiger partial charge is 0.311 e. The second-order valence-corrected chi connectivity index (χ2v) is 6.00. The topological polar surface area (TPSA) is 72.0 Å². The van der Waals surface area contributed by atoms with Crippen LogP contribution in [0.2, 0.25) is 0 Å². The average Bonchev–Trinajstić information content (AvgIpc) is 2.61. The maximum atomic E-state index is 11.8. The van der Waals surface area contributed by atoms with Crippen LogP contribution in [0, 0.1) is 0 Å². The number of nitrogens with zero attached hydrogens (tertiary/aromatic N) is 2. The van der Waals surface area contributed by atoms with Crippen LogP contribution in [0.25, 0.3) is 16.3 Å². The molecule has 1 amide bonds. The molecule has 2 heterocycles. The molecular formula is C21H25N3O2. The molecule has 0 saturated heterocycles. The van der Waals surface area contributed by atoms with E-state index >= 15 is 0 Å². The normalized spacial score (nSPS) is 12.2. The number of hydrogen-bond acceptors (Lipinski definition) is 4. The van der Waals surface area contributed by atoms with Crippen molar-refractivity contribution >= 4 is 33.9 Å². The first kappa shape index (κ1) is 19.2. The van der Waals surface area contributed by atoms with Gasteiger partial charge in [-0.1, -0.05) is 19.6 Å². The minimum atomic E-state index is -0.166. The fourth-order valence-corrected chi connectivity index (χ4v) is 2.66. The molecule has 136 valence electrons. The fraction of sp³-hybridized carbons (Fsp3) is 0.238. The Morgan fingerprint density at radius 1 is 1.19 bits per heavy atom. The quantitative estimate of drug-likeness (QED) is 0.604. The van der Waals surface area contributed by atoms with E-state index in [9.17, 15) is 9.59 Å². The van der Waals surface area contributed by atoms with Gasteiger partial charge in [0.2, 0.25) is 5.91 Å². The van der Waals surface area contributed by atoms with Crippen LogP contribution in [0.15, 0.2) is 54.4 Å². The lowest BCUT2D eigenvalue weighted by molar-refractivity contribution is -0.115. The zero-order valence-corrected chi connectivity index (χ0v) is 15.6. The van der Waals surface area contributed by atoms with E-state index in [-0.39, 0.29) is 13.1 Å². The van der Waals surface area contributed by atoms with Gasteiger partial charge in [-0.25, -0.2) is 4.98 Å². The Balaban J connectivity index is 0.00000364. The number of aromatic nitrogens is 2. The number of pyridine rings is 2. The Hall–Kier alpha value is -3.08. The molecule has 5 heteroatoms. The van der Waals surface area contributed by atoms with Gasteiger partial charge in [0, 0.05) is 43.5 Å². The summed E-state index contributed by atoms with van der Waals surface area (Å²) in [6.07, 6.45) is 7.65. The van der Waals surface area contributed by atoms with E-state index in [1.807, 2.05) is 32.9 Å². The molecule has 0 aromatic carbocycles. The van der Waals surface area contributed by atoms with Crippen LogP contribution in [0.1, 0.15) is 41.2 Å². The number of carbonyl (C=O) groups excluding carboxylic acids is 2. The molecule has 26 heavy (non-hydrogen) atoms. The summed E-state index contributed by atoms with van der Waals surface area (Å²) >= 11 is 0. The van der Waals surface area contributed by atoms with Crippen LogP contribution < -0.4 is 5.32 Å². The molecule has 2 rings (SSSR count). The molecule has 1 N–H and O–H groups in total. The van der Waals surface area contributed by atoms with Crippen LogP contribution in [-0.4, -0.2) is 21.7 Å². The smallest absolute Gasteiger partial charge is 0.222 e. The molecule has 0 aliphatic carbocycles. The first-order valence-electron chi connectivity index (χ1n) is 8.46. The highest BCUT2D eigenvalue weighted by molar-refractivity contribution is 5.98. The van der Waals surface area contributed by atoms with Crippen LogP contribution in [0.5, 0.6) is 0 Å².